The number of nitrogen functional groups attached to an aromatic ring is 2. The summed E-state index contributed by atoms with van der Waals surface area (Å²) in [6, 6.07) is 6.69. The molecule has 4 aromatic rings. The van der Waals surface area contributed by atoms with Crippen molar-refractivity contribution in [2.45, 2.75) is 13.5 Å². The Morgan fingerprint density at radius 3 is 2.61 bits per heavy atom. The van der Waals surface area contributed by atoms with Crippen LogP contribution in [0, 0.1) is 5.13 Å². The number of carbonyl (C=O) groups is 1. The van der Waals surface area contributed by atoms with E-state index in [1.165, 1.54) is 18.1 Å². The molecular weight excluding hydrogens is 423 g/mol. The van der Waals surface area contributed by atoms with Gasteiger partial charge in [-0.15, -0.1) is 11.3 Å². The molecular formula is C19H19FN8O2S. The Labute approximate surface area is 180 Å². The van der Waals surface area contributed by atoms with Crippen LogP contribution in [0.25, 0.3) is 22.6 Å². The second-order valence-electron chi connectivity index (χ2n) is 6.47. The zero-order chi connectivity index (χ0) is 22.1. The van der Waals surface area contributed by atoms with Gasteiger partial charge in [0.05, 0.1) is 19.0 Å². The number of halogens is 1. The molecule has 0 bridgehead atoms. The molecule has 0 atom stereocenters. The van der Waals surface area contributed by atoms with Crippen LogP contribution >= 0.6 is 11.3 Å². The number of rotatable bonds is 5. The third-order valence-electron chi connectivity index (χ3n) is 4.57. The predicted molar refractivity (Wildman–Crippen MR) is 116 cm³/mol. The number of nitrogens with zero attached hydrogens (tertiary/aromatic N) is 6. The van der Waals surface area contributed by atoms with Gasteiger partial charge in [-0.2, -0.15) is 9.49 Å². The third kappa shape index (κ3) is 3.72. The fourth-order valence-electron chi connectivity index (χ4n) is 3.23. The van der Waals surface area contributed by atoms with E-state index in [-0.39, 0.29) is 34.8 Å². The number of thiophene rings is 1. The summed E-state index contributed by atoms with van der Waals surface area (Å²) in [5.74, 6) is 0.220. The first-order valence-corrected chi connectivity index (χ1v) is 10.1. The van der Waals surface area contributed by atoms with E-state index in [2.05, 4.69) is 20.1 Å². The van der Waals surface area contributed by atoms with E-state index in [1.54, 1.807) is 29.9 Å². The summed E-state index contributed by atoms with van der Waals surface area (Å²) >= 11 is 1.04. The molecule has 4 heterocycles. The van der Waals surface area contributed by atoms with Crippen LogP contribution in [0.1, 0.15) is 11.8 Å². The zero-order valence-corrected chi connectivity index (χ0v) is 17.6. The van der Waals surface area contributed by atoms with E-state index in [4.69, 9.17) is 16.2 Å². The molecule has 4 N–H and O–H groups in total. The van der Waals surface area contributed by atoms with Crippen molar-refractivity contribution in [2.24, 2.45) is 0 Å². The standard InChI is InChI=1S/C19H19FN8O2S/c1-3-27(19(29)30-2)14-15(21)24-17(25-16(14)22)13-11-5-4-8-23-18(11)28(26-13)9-10-6-7-12(20)31-10/h4-8H,3,9H2,1-2H3,(H4,21,22,24,25). The van der Waals surface area contributed by atoms with Gasteiger partial charge in [0.25, 0.3) is 0 Å². The Morgan fingerprint density at radius 2 is 2.00 bits per heavy atom. The molecule has 10 nitrogen and oxygen atoms in total. The van der Waals surface area contributed by atoms with Crippen molar-refractivity contribution >= 4 is 45.8 Å². The summed E-state index contributed by atoms with van der Waals surface area (Å²) < 4.78 is 19.8. The summed E-state index contributed by atoms with van der Waals surface area (Å²) in [7, 11) is 1.26. The Balaban J connectivity index is 1.81. The highest BCUT2D eigenvalue weighted by Gasteiger charge is 2.24. The quantitative estimate of drug-likeness (QED) is 0.481. The number of methoxy groups -OCH3 is 1. The maximum atomic E-state index is 13.4. The molecule has 0 aliphatic carbocycles. The average Bonchev–Trinajstić information content (AvgIpc) is 3.33. The van der Waals surface area contributed by atoms with Gasteiger partial charge in [-0.3, -0.25) is 4.90 Å². The zero-order valence-electron chi connectivity index (χ0n) is 16.7. The number of pyridine rings is 1. The molecule has 1 amide bonds. The van der Waals surface area contributed by atoms with E-state index in [0.29, 0.717) is 23.3 Å². The first-order valence-electron chi connectivity index (χ1n) is 9.27. The summed E-state index contributed by atoms with van der Waals surface area (Å²) in [4.78, 5) is 27.1. The van der Waals surface area contributed by atoms with Gasteiger partial charge in [-0.25, -0.2) is 24.4 Å². The largest absolute Gasteiger partial charge is 0.452 e. The lowest BCUT2D eigenvalue weighted by molar-refractivity contribution is 0.179. The fraction of sp³-hybridized carbons (Fsp3) is 0.211. The second-order valence-corrected chi connectivity index (χ2v) is 7.59. The molecule has 0 aliphatic heterocycles. The van der Waals surface area contributed by atoms with Crippen LogP contribution in [0.3, 0.4) is 0 Å². The van der Waals surface area contributed by atoms with Crippen LogP contribution in [0.2, 0.25) is 0 Å². The smallest absolute Gasteiger partial charge is 0.414 e. The number of fused-ring (bicyclic) bond motifs is 1. The van der Waals surface area contributed by atoms with Gasteiger partial charge in [0.15, 0.2) is 28.2 Å². The molecule has 0 spiro atoms. The number of nitrogens with two attached hydrogens (primary N) is 2. The van der Waals surface area contributed by atoms with Crippen LogP contribution < -0.4 is 16.4 Å². The number of amides is 1. The molecule has 0 radical (unpaired) electrons. The summed E-state index contributed by atoms with van der Waals surface area (Å²) in [5, 5.41) is 5.00. The molecule has 0 aromatic carbocycles. The van der Waals surface area contributed by atoms with Crippen molar-refractivity contribution in [1.29, 1.82) is 0 Å². The first kappa shape index (κ1) is 20.5. The van der Waals surface area contributed by atoms with E-state index in [1.807, 2.05) is 6.07 Å². The Bertz CT molecular complexity index is 1250. The normalized spacial score (nSPS) is 11.1. The topological polar surface area (TPSA) is 138 Å². The first-order chi connectivity index (χ1) is 14.9. The van der Waals surface area contributed by atoms with E-state index in [9.17, 15) is 9.18 Å². The van der Waals surface area contributed by atoms with Crippen molar-refractivity contribution in [1.82, 2.24) is 24.7 Å². The van der Waals surface area contributed by atoms with Crippen LogP contribution in [0.5, 0.6) is 0 Å². The number of anilines is 3. The Hall–Kier alpha value is -3.80. The summed E-state index contributed by atoms with van der Waals surface area (Å²) in [5.41, 5.74) is 13.5. The highest BCUT2D eigenvalue weighted by atomic mass is 32.1. The minimum absolute atomic E-state index is 0.0154. The average molecular weight is 442 g/mol. The van der Waals surface area contributed by atoms with Gasteiger partial charge in [0.1, 0.15) is 11.4 Å². The molecule has 4 rings (SSSR count). The number of hydrogen-bond acceptors (Lipinski definition) is 9. The van der Waals surface area contributed by atoms with Crippen molar-refractivity contribution in [3.8, 4) is 11.5 Å². The summed E-state index contributed by atoms with van der Waals surface area (Å²) in [6.07, 6.45) is 1.01. The van der Waals surface area contributed by atoms with E-state index >= 15 is 0 Å². The highest BCUT2D eigenvalue weighted by Crippen LogP contribution is 2.32. The van der Waals surface area contributed by atoms with Crippen molar-refractivity contribution < 1.29 is 13.9 Å². The molecule has 4 aromatic heterocycles. The van der Waals surface area contributed by atoms with Gasteiger partial charge in [0, 0.05) is 17.6 Å². The van der Waals surface area contributed by atoms with Crippen LogP contribution in [0.4, 0.5) is 26.5 Å². The predicted octanol–water partition coefficient (Wildman–Crippen LogP) is 2.89. The third-order valence-corrected chi connectivity index (χ3v) is 5.43. The lowest BCUT2D eigenvalue weighted by atomic mass is 10.2. The van der Waals surface area contributed by atoms with Gasteiger partial charge in [0.2, 0.25) is 0 Å². The molecule has 0 saturated carbocycles. The molecule has 160 valence electrons. The van der Waals surface area contributed by atoms with Gasteiger partial charge in [-0.05, 0) is 31.2 Å². The SMILES string of the molecule is CCN(C(=O)OC)c1c(N)nc(-c2nn(Cc3ccc(F)s3)c3ncccc23)nc1N. The van der Waals surface area contributed by atoms with Gasteiger partial charge < -0.3 is 16.2 Å². The molecule has 31 heavy (non-hydrogen) atoms. The van der Waals surface area contributed by atoms with E-state index in [0.717, 1.165) is 16.2 Å². The molecule has 0 saturated heterocycles. The fourth-order valence-corrected chi connectivity index (χ4v) is 3.94. The lowest BCUT2D eigenvalue weighted by Gasteiger charge is -2.21. The minimum atomic E-state index is -0.626. The maximum absolute atomic E-state index is 13.4. The van der Waals surface area contributed by atoms with Crippen molar-refractivity contribution in [3.05, 3.63) is 40.5 Å². The molecule has 0 unspecified atom stereocenters. The molecule has 0 aliphatic rings. The lowest BCUT2D eigenvalue weighted by Crippen LogP contribution is -2.32. The van der Waals surface area contributed by atoms with E-state index < -0.39 is 6.09 Å². The highest BCUT2D eigenvalue weighted by molar-refractivity contribution is 7.10. The Kier molecular flexibility index (Phi) is 5.38. The number of carbonyl (C=O) groups excluding carboxylic acids is 1. The van der Waals surface area contributed by atoms with Crippen LogP contribution in [-0.2, 0) is 11.3 Å². The molecule has 0 fully saturated rings. The monoisotopic (exact) mass is 442 g/mol. The van der Waals surface area contributed by atoms with Crippen LogP contribution in [-0.4, -0.2) is 44.5 Å². The second kappa shape index (κ2) is 8.14. The van der Waals surface area contributed by atoms with Gasteiger partial charge in [-0.1, -0.05) is 0 Å². The van der Waals surface area contributed by atoms with Gasteiger partial charge >= 0.3 is 6.09 Å². The van der Waals surface area contributed by atoms with Crippen molar-refractivity contribution in [2.75, 3.05) is 30.0 Å². The maximum Gasteiger partial charge on any atom is 0.414 e. The molecule has 12 heteroatoms. The number of ether oxygens (including phenoxy) is 1. The number of aromatic nitrogens is 5. The number of hydrogen-bond donors (Lipinski definition) is 2. The summed E-state index contributed by atoms with van der Waals surface area (Å²) in [6.45, 7) is 2.34. The Morgan fingerprint density at radius 1 is 1.26 bits per heavy atom. The van der Waals surface area contributed by atoms with Crippen molar-refractivity contribution in [3.63, 3.8) is 0 Å². The van der Waals surface area contributed by atoms with Crippen LogP contribution in [0.15, 0.2) is 30.5 Å². The minimum Gasteiger partial charge on any atom is -0.452 e.